The molecule has 0 radical (unpaired) electrons. The summed E-state index contributed by atoms with van der Waals surface area (Å²) in [6.45, 7) is 9.02. The average Bonchev–Trinajstić information content (AvgIpc) is 2.03. The van der Waals surface area contributed by atoms with Gasteiger partial charge in [-0.25, -0.2) is 0 Å². The van der Waals surface area contributed by atoms with E-state index >= 15 is 0 Å². The lowest BCUT2D eigenvalue weighted by atomic mass is 9.92. The van der Waals surface area contributed by atoms with E-state index in [4.69, 9.17) is 0 Å². The maximum absolute atomic E-state index is 11.3. The first-order valence-electron chi connectivity index (χ1n) is 5.01. The van der Waals surface area contributed by atoms with Gasteiger partial charge in [0.25, 0.3) is 0 Å². The minimum Gasteiger partial charge on any atom is -0.336 e. The molecule has 1 amide bonds. The smallest absolute Gasteiger partial charge is 0.219 e. The molecule has 0 N–H and O–H groups in total. The summed E-state index contributed by atoms with van der Waals surface area (Å²) in [5.41, 5.74) is 1.40. The maximum atomic E-state index is 11.3. The lowest BCUT2D eigenvalue weighted by molar-refractivity contribution is -0.130. The Hall–Kier alpha value is -0.790. The second-order valence-electron chi connectivity index (χ2n) is 4.04. The third kappa shape index (κ3) is 2.11. The molecule has 0 aromatic rings. The molecular formula is C11H19NO. The van der Waals surface area contributed by atoms with Crippen LogP contribution < -0.4 is 0 Å². The highest BCUT2D eigenvalue weighted by Gasteiger charge is 2.24. The molecule has 2 heteroatoms. The quantitative estimate of drug-likeness (QED) is 0.568. The lowest BCUT2D eigenvalue weighted by Crippen LogP contribution is -2.42. The van der Waals surface area contributed by atoms with Crippen molar-refractivity contribution in [2.45, 2.75) is 40.2 Å². The van der Waals surface area contributed by atoms with Gasteiger partial charge in [-0.05, 0) is 24.8 Å². The van der Waals surface area contributed by atoms with Crippen LogP contribution >= 0.6 is 0 Å². The Balaban J connectivity index is 2.79. The molecule has 1 heterocycles. The van der Waals surface area contributed by atoms with E-state index in [0.29, 0.717) is 12.0 Å². The summed E-state index contributed by atoms with van der Waals surface area (Å²) in [6, 6.07) is 0.297. The second kappa shape index (κ2) is 3.95. The number of hydrogen-bond donors (Lipinski definition) is 0. The number of carbonyl (C=O) groups is 1. The van der Waals surface area contributed by atoms with Gasteiger partial charge in [0.2, 0.25) is 5.91 Å². The molecule has 0 saturated heterocycles. The van der Waals surface area contributed by atoms with Crippen molar-refractivity contribution in [2.75, 3.05) is 6.54 Å². The van der Waals surface area contributed by atoms with Crippen LogP contribution in [-0.4, -0.2) is 23.4 Å². The summed E-state index contributed by atoms with van der Waals surface area (Å²) in [5, 5.41) is 0. The molecule has 1 aliphatic heterocycles. The molecule has 74 valence electrons. The van der Waals surface area contributed by atoms with Crippen molar-refractivity contribution in [3.05, 3.63) is 11.6 Å². The van der Waals surface area contributed by atoms with E-state index in [9.17, 15) is 4.79 Å². The molecule has 0 aromatic carbocycles. The third-order valence-electron chi connectivity index (χ3n) is 2.77. The van der Waals surface area contributed by atoms with Crippen LogP contribution in [-0.2, 0) is 4.79 Å². The average molecular weight is 181 g/mol. The second-order valence-corrected chi connectivity index (χ2v) is 4.04. The number of amides is 1. The predicted octanol–water partition coefficient (Wildman–Crippen LogP) is 2.21. The molecule has 1 rings (SSSR count). The van der Waals surface area contributed by atoms with E-state index in [1.165, 1.54) is 5.57 Å². The van der Waals surface area contributed by atoms with Crippen LogP contribution in [0, 0.1) is 5.92 Å². The van der Waals surface area contributed by atoms with Crippen molar-refractivity contribution in [1.29, 1.82) is 0 Å². The van der Waals surface area contributed by atoms with Crippen LogP contribution in [0.1, 0.15) is 34.1 Å². The summed E-state index contributed by atoms with van der Waals surface area (Å²) in [7, 11) is 0. The van der Waals surface area contributed by atoms with Crippen molar-refractivity contribution >= 4 is 5.91 Å². The van der Waals surface area contributed by atoms with E-state index in [0.717, 1.165) is 13.0 Å². The first kappa shape index (κ1) is 10.3. The van der Waals surface area contributed by atoms with Gasteiger partial charge in [-0.1, -0.05) is 19.9 Å². The summed E-state index contributed by atoms with van der Waals surface area (Å²) < 4.78 is 0. The standard InChI is InChI=1S/C11H19NO/c1-8(2)11-6-5-7-12(9(11)3)10(4)13/h6,8-9H,5,7H2,1-4H3. The molecule has 0 aliphatic carbocycles. The van der Waals surface area contributed by atoms with Crippen LogP contribution in [0.5, 0.6) is 0 Å². The van der Waals surface area contributed by atoms with Crippen LogP contribution in [0.4, 0.5) is 0 Å². The summed E-state index contributed by atoms with van der Waals surface area (Å²) in [4.78, 5) is 13.2. The van der Waals surface area contributed by atoms with Crippen molar-refractivity contribution in [3.63, 3.8) is 0 Å². The molecular weight excluding hydrogens is 162 g/mol. The molecule has 0 saturated carbocycles. The third-order valence-corrected chi connectivity index (χ3v) is 2.77. The van der Waals surface area contributed by atoms with Crippen LogP contribution in [0.25, 0.3) is 0 Å². The van der Waals surface area contributed by atoms with Crippen molar-refractivity contribution in [1.82, 2.24) is 4.90 Å². The topological polar surface area (TPSA) is 20.3 Å². The minimum absolute atomic E-state index is 0.193. The van der Waals surface area contributed by atoms with E-state index in [1.54, 1.807) is 6.92 Å². The Kier molecular flexibility index (Phi) is 3.12. The first-order valence-corrected chi connectivity index (χ1v) is 5.01. The zero-order valence-electron chi connectivity index (χ0n) is 9.00. The molecule has 13 heavy (non-hydrogen) atoms. The van der Waals surface area contributed by atoms with E-state index in [2.05, 4.69) is 26.8 Å². The molecule has 0 spiro atoms. The van der Waals surface area contributed by atoms with Crippen LogP contribution in [0.3, 0.4) is 0 Å². The van der Waals surface area contributed by atoms with Gasteiger partial charge in [0.15, 0.2) is 0 Å². The van der Waals surface area contributed by atoms with E-state index in [-0.39, 0.29) is 5.91 Å². The zero-order valence-corrected chi connectivity index (χ0v) is 9.00. The fourth-order valence-corrected chi connectivity index (χ4v) is 2.06. The summed E-state index contributed by atoms with van der Waals surface area (Å²) >= 11 is 0. The van der Waals surface area contributed by atoms with Gasteiger partial charge in [0.1, 0.15) is 0 Å². The Morgan fingerprint density at radius 3 is 2.69 bits per heavy atom. The summed E-state index contributed by atoms with van der Waals surface area (Å²) in [6.07, 6.45) is 3.30. The minimum atomic E-state index is 0.193. The van der Waals surface area contributed by atoms with Crippen molar-refractivity contribution in [2.24, 2.45) is 5.92 Å². The highest BCUT2D eigenvalue weighted by atomic mass is 16.2. The molecule has 1 atom stereocenters. The van der Waals surface area contributed by atoms with Gasteiger partial charge in [0.05, 0.1) is 6.04 Å². The molecule has 1 unspecified atom stereocenters. The lowest BCUT2D eigenvalue weighted by Gasteiger charge is -2.35. The number of nitrogens with zero attached hydrogens (tertiary/aromatic N) is 1. The Bertz CT molecular complexity index is 230. The molecule has 0 fully saturated rings. The number of rotatable bonds is 1. The normalized spacial score (nSPS) is 23.3. The fourth-order valence-electron chi connectivity index (χ4n) is 2.06. The van der Waals surface area contributed by atoms with Crippen molar-refractivity contribution in [3.8, 4) is 0 Å². The summed E-state index contributed by atoms with van der Waals surface area (Å²) in [5.74, 6) is 0.746. The molecule has 2 nitrogen and oxygen atoms in total. The maximum Gasteiger partial charge on any atom is 0.219 e. The van der Waals surface area contributed by atoms with Gasteiger partial charge in [-0.15, -0.1) is 0 Å². The largest absolute Gasteiger partial charge is 0.336 e. The van der Waals surface area contributed by atoms with E-state index in [1.807, 2.05) is 4.90 Å². The molecule has 0 aromatic heterocycles. The Labute approximate surface area is 80.6 Å². The first-order chi connectivity index (χ1) is 6.04. The van der Waals surface area contributed by atoms with Gasteiger partial charge < -0.3 is 4.90 Å². The van der Waals surface area contributed by atoms with Gasteiger partial charge >= 0.3 is 0 Å². The SMILES string of the molecule is CC(=O)N1CCC=C(C(C)C)C1C. The molecule has 1 aliphatic rings. The van der Waals surface area contributed by atoms with Gasteiger partial charge in [-0.2, -0.15) is 0 Å². The zero-order chi connectivity index (χ0) is 10.0. The Morgan fingerprint density at radius 2 is 2.23 bits per heavy atom. The fraction of sp³-hybridized carbons (Fsp3) is 0.727. The Morgan fingerprint density at radius 1 is 1.62 bits per heavy atom. The van der Waals surface area contributed by atoms with Crippen molar-refractivity contribution < 1.29 is 4.79 Å². The predicted molar refractivity (Wildman–Crippen MR) is 54.4 cm³/mol. The number of hydrogen-bond acceptors (Lipinski definition) is 1. The van der Waals surface area contributed by atoms with Gasteiger partial charge in [-0.3, -0.25) is 4.79 Å². The monoisotopic (exact) mass is 181 g/mol. The highest BCUT2D eigenvalue weighted by Crippen LogP contribution is 2.23. The van der Waals surface area contributed by atoms with Gasteiger partial charge in [0, 0.05) is 13.5 Å². The van der Waals surface area contributed by atoms with E-state index < -0.39 is 0 Å². The number of carbonyl (C=O) groups excluding carboxylic acids is 1. The highest BCUT2D eigenvalue weighted by molar-refractivity contribution is 5.74. The molecule has 0 bridgehead atoms. The van der Waals surface area contributed by atoms with Crippen LogP contribution in [0.2, 0.25) is 0 Å². The van der Waals surface area contributed by atoms with Crippen LogP contribution in [0.15, 0.2) is 11.6 Å².